The maximum atomic E-state index is 10.4. The van der Waals surface area contributed by atoms with Crippen LogP contribution in [0.15, 0.2) is 12.5 Å². The summed E-state index contributed by atoms with van der Waals surface area (Å²) in [6, 6.07) is 0. The molecular formula is C8H12N2O. The van der Waals surface area contributed by atoms with Gasteiger partial charge in [0.2, 0.25) is 0 Å². The van der Waals surface area contributed by atoms with Gasteiger partial charge in [-0.2, -0.15) is 0 Å². The Morgan fingerprint density at radius 3 is 3.09 bits per heavy atom. The summed E-state index contributed by atoms with van der Waals surface area (Å²) in [6.45, 7) is 2.01. The second-order valence-electron chi connectivity index (χ2n) is 2.59. The van der Waals surface area contributed by atoms with Crippen molar-refractivity contribution < 1.29 is 4.79 Å². The highest BCUT2D eigenvalue weighted by molar-refractivity contribution is 5.53. The van der Waals surface area contributed by atoms with Crippen LogP contribution in [0.4, 0.5) is 0 Å². The molecule has 0 bridgehead atoms. The van der Waals surface area contributed by atoms with Crippen LogP contribution in [0.3, 0.4) is 0 Å². The van der Waals surface area contributed by atoms with Gasteiger partial charge < -0.3 is 9.78 Å². The average molecular weight is 152 g/mol. The molecule has 1 atom stereocenters. The first kappa shape index (κ1) is 7.98. The molecule has 0 saturated heterocycles. The van der Waals surface area contributed by atoms with Crippen molar-refractivity contribution in [3.8, 4) is 0 Å². The molecule has 0 fully saturated rings. The molecule has 1 N–H and O–H groups in total. The minimum atomic E-state index is 0.135. The predicted octanol–water partition coefficient (Wildman–Crippen LogP) is 1.18. The summed E-state index contributed by atoms with van der Waals surface area (Å²) in [7, 11) is 0. The number of nitrogens with zero attached hydrogens (tertiary/aromatic N) is 1. The summed E-state index contributed by atoms with van der Waals surface area (Å²) in [5, 5.41) is 0. The number of imidazole rings is 1. The van der Waals surface area contributed by atoms with Crippen LogP contribution in [-0.2, 0) is 11.2 Å². The molecule has 0 aliphatic carbocycles. The number of carbonyl (C=O) groups is 1. The van der Waals surface area contributed by atoms with E-state index in [-0.39, 0.29) is 5.92 Å². The maximum absolute atomic E-state index is 10.4. The summed E-state index contributed by atoms with van der Waals surface area (Å²) in [5.74, 6) is 0.135. The number of aldehydes is 1. The van der Waals surface area contributed by atoms with Gasteiger partial charge in [-0.05, 0) is 12.8 Å². The molecule has 1 aromatic rings. The van der Waals surface area contributed by atoms with Crippen LogP contribution in [0.1, 0.15) is 19.0 Å². The fourth-order valence-electron chi connectivity index (χ4n) is 0.967. The predicted molar refractivity (Wildman–Crippen MR) is 42.1 cm³/mol. The van der Waals surface area contributed by atoms with Crippen molar-refractivity contribution in [2.75, 3.05) is 0 Å². The van der Waals surface area contributed by atoms with Gasteiger partial charge in [0.15, 0.2) is 0 Å². The maximum Gasteiger partial charge on any atom is 0.123 e. The molecule has 0 saturated carbocycles. The zero-order chi connectivity index (χ0) is 8.10. The molecule has 11 heavy (non-hydrogen) atoms. The molecule has 1 unspecified atom stereocenters. The van der Waals surface area contributed by atoms with E-state index >= 15 is 0 Å². The lowest BCUT2D eigenvalue weighted by molar-refractivity contribution is -0.111. The zero-order valence-corrected chi connectivity index (χ0v) is 6.58. The van der Waals surface area contributed by atoms with Gasteiger partial charge in [0.1, 0.15) is 6.29 Å². The van der Waals surface area contributed by atoms with E-state index in [1.54, 1.807) is 12.5 Å². The van der Waals surface area contributed by atoms with Crippen LogP contribution in [0.25, 0.3) is 0 Å². The SMILES string of the molecule is CCC(C=O)Cc1cnc[nH]1. The van der Waals surface area contributed by atoms with Crippen molar-refractivity contribution >= 4 is 6.29 Å². The van der Waals surface area contributed by atoms with Gasteiger partial charge in [0.05, 0.1) is 6.33 Å². The molecule has 1 heterocycles. The molecule has 0 aromatic carbocycles. The van der Waals surface area contributed by atoms with Crippen LogP contribution < -0.4 is 0 Å². The highest BCUT2D eigenvalue weighted by Gasteiger charge is 2.05. The Hall–Kier alpha value is -1.12. The molecule has 3 nitrogen and oxygen atoms in total. The van der Waals surface area contributed by atoms with E-state index in [1.165, 1.54) is 0 Å². The minimum Gasteiger partial charge on any atom is -0.348 e. The third-order valence-corrected chi connectivity index (χ3v) is 1.75. The summed E-state index contributed by atoms with van der Waals surface area (Å²) >= 11 is 0. The molecule has 3 heteroatoms. The van der Waals surface area contributed by atoms with E-state index < -0.39 is 0 Å². The van der Waals surface area contributed by atoms with E-state index in [1.807, 2.05) is 6.92 Å². The van der Waals surface area contributed by atoms with Crippen molar-refractivity contribution in [2.45, 2.75) is 19.8 Å². The van der Waals surface area contributed by atoms with Crippen LogP contribution in [0, 0.1) is 5.92 Å². The van der Waals surface area contributed by atoms with Gasteiger partial charge in [-0.25, -0.2) is 4.98 Å². The summed E-state index contributed by atoms with van der Waals surface area (Å²) < 4.78 is 0. The van der Waals surface area contributed by atoms with Crippen LogP contribution in [0.2, 0.25) is 0 Å². The van der Waals surface area contributed by atoms with E-state index in [9.17, 15) is 4.79 Å². The van der Waals surface area contributed by atoms with E-state index in [4.69, 9.17) is 0 Å². The van der Waals surface area contributed by atoms with Crippen molar-refractivity contribution in [2.24, 2.45) is 5.92 Å². The van der Waals surface area contributed by atoms with Crippen molar-refractivity contribution in [1.82, 2.24) is 9.97 Å². The van der Waals surface area contributed by atoms with Gasteiger partial charge in [-0.3, -0.25) is 0 Å². The quantitative estimate of drug-likeness (QED) is 0.658. The average Bonchev–Trinajstić information content (AvgIpc) is 2.52. The lowest BCUT2D eigenvalue weighted by atomic mass is 10.0. The molecule has 60 valence electrons. The van der Waals surface area contributed by atoms with Crippen LogP contribution >= 0.6 is 0 Å². The topological polar surface area (TPSA) is 45.8 Å². The van der Waals surface area contributed by atoms with Gasteiger partial charge in [-0.1, -0.05) is 6.92 Å². The molecule has 0 aliphatic heterocycles. The molecule has 1 rings (SSSR count). The van der Waals surface area contributed by atoms with Crippen molar-refractivity contribution in [3.05, 3.63) is 18.2 Å². The molecule has 0 radical (unpaired) electrons. The van der Waals surface area contributed by atoms with Gasteiger partial charge in [0.25, 0.3) is 0 Å². The molecule has 0 spiro atoms. The van der Waals surface area contributed by atoms with E-state index in [2.05, 4.69) is 9.97 Å². The normalized spacial score (nSPS) is 12.8. The molecule has 0 aliphatic rings. The largest absolute Gasteiger partial charge is 0.348 e. The Morgan fingerprint density at radius 2 is 2.64 bits per heavy atom. The first-order valence-corrected chi connectivity index (χ1v) is 3.79. The second-order valence-corrected chi connectivity index (χ2v) is 2.59. The zero-order valence-electron chi connectivity index (χ0n) is 6.58. The van der Waals surface area contributed by atoms with Gasteiger partial charge >= 0.3 is 0 Å². The van der Waals surface area contributed by atoms with Crippen molar-refractivity contribution in [3.63, 3.8) is 0 Å². The number of aromatic nitrogens is 2. The first-order valence-electron chi connectivity index (χ1n) is 3.79. The Kier molecular flexibility index (Phi) is 2.83. The standard InChI is InChI=1S/C8H12N2O/c1-2-7(5-11)3-8-4-9-6-10-8/h4-7H,2-3H2,1H3,(H,9,10). The number of rotatable bonds is 4. The molecule has 1 aromatic heterocycles. The molecule has 0 amide bonds. The Morgan fingerprint density at radius 1 is 1.82 bits per heavy atom. The Balaban J connectivity index is 2.47. The van der Waals surface area contributed by atoms with Gasteiger partial charge in [-0.15, -0.1) is 0 Å². The third kappa shape index (κ3) is 2.18. The van der Waals surface area contributed by atoms with Crippen LogP contribution in [-0.4, -0.2) is 16.3 Å². The minimum absolute atomic E-state index is 0.135. The summed E-state index contributed by atoms with van der Waals surface area (Å²) in [4.78, 5) is 17.3. The number of aromatic amines is 1. The van der Waals surface area contributed by atoms with Gasteiger partial charge in [0, 0.05) is 17.8 Å². The number of H-pyrrole nitrogens is 1. The summed E-state index contributed by atoms with van der Waals surface area (Å²) in [6.07, 6.45) is 6.06. The number of nitrogens with one attached hydrogen (secondary N) is 1. The second kappa shape index (κ2) is 3.91. The molecular weight excluding hydrogens is 140 g/mol. The number of hydrogen-bond acceptors (Lipinski definition) is 2. The highest BCUT2D eigenvalue weighted by atomic mass is 16.1. The lowest BCUT2D eigenvalue weighted by Gasteiger charge is -2.02. The fourth-order valence-corrected chi connectivity index (χ4v) is 0.967. The Labute approximate surface area is 65.8 Å². The van der Waals surface area contributed by atoms with Crippen molar-refractivity contribution in [1.29, 1.82) is 0 Å². The number of carbonyl (C=O) groups excluding carboxylic acids is 1. The van der Waals surface area contributed by atoms with E-state index in [0.29, 0.717) is 0 Å². The monoisotopic (exact) mass is 152 g/mol. The Bertz CT molecular complexity index is 206. The van der Waals surface area contributed by atoms with E-state index in [0.717, 1.165) is 24.8 Å². The lowest BCUT2D eigenvalue weighted by Crippen LogP contribution is -2.04. The summed E-state index contributed by atoms with van der Waals surface area (Å²) in [5.41, 5.74) is 1.03. The third-order valence-electron chi connectivity index (χ3n) is 1.75. The van der Waals surface area contributed by atoms with Crippen LogP contribution in [0.5, 0.6) is 0 Å². The highest BCUT2D eigenvalue weighted by Crippen LogP contribution is 2.06. The smallest absolute Gasteiger partial charge is 0.123 e. The fraction of sp³-hybridized carbons (Fsp3) is 0.500. The first-order chi connectivity index (χ1) is 5.36. The number of hydrogen-bond donors (Lipinski definition) is 1.